The number of aryl methyl sites for hydroxylation is 3. The zero-order chi connectivity index (χ0) is 21.0. The Hall–Kier alpha value is -2.77. The smallest absolute Gasteiger partial charge is 0.251 e. The van der Waals surface area contributed by atoms with E-state index in [1.807, 2.05) is 33.8 Å². The molecule has 156 valence electrons. The van der Waals surface area contributed by atoms with Gasteiger partial charge in [0.15, 0.2) is 0 Å². The molecule has 0 unspecified atom stereocenters. The second-order valence-electron chi connectivity index (χ2n) is 7.84. The average Bonchev–Trinajstić information content (AvgIpc) is 3.24. The number of aromatic nitrogens is 4. The van der Waals surface area contributed by atoms with Crippen molar-refractivity contribution in [1.29, 1.82) is 0 Å². The van der Waals surface area contributed by atoms with Gasteiger partial charge in [-0.3, -0.25) is 9.59 Å². The van der Waals surface area contributed by atoms with E-state index in [9.17, 15) is 9.59 Å². The van der Waals surface area contributed by atoms with Crippen LogP contribution in [0.1, 0.15) is 60.4 Å². The van der Waals surface area contributed by atoms with Crippen LogP contribution >= 0.6 is 0 Å². The van der Waals surface area contributed by atoms with Crippen molar-refractivity contribution < 1.29 is 9.59 Å². The molecule has 1 aliphatic rings. The fourth-order valence-corrected chi connectivity index (χ4v) is 3.84. The lowest BCUT2D eigenvalue weighted by Gasteiger charge is -2.12. The molecule has 0 aromatic carbocycles. The Bertz CT molecular complexity index is 879. The van der Waals surface area contributed by atoms with E-state index in [2.05, 4.69) is 25.7 Å². The standard InChI is InChI=1S/C21H30N6O2/c1-13-11-14(2)24-21(23-13)27-16(4)18(15(3)26-27)12-20(29)22-10-9-19(28)25-17-7-5-6-8-17/h11,17H,5-10,12H2,1-4H3,(H,22,29)(H,25,28). The molecule has 0 aliphatic heterocycles. The number of carbonyl (C=O) groups excluding carboxylic acids is 2. The van der Waals surface area contributed by atoms with Crippen molar-refractivity contribution in [1.82, 2.24) is 30.4 Å². The second-order valence-corrected chi connectivity index (χ2v) is 7.84. The predicted octanol–water partition coefficient (Wildman–Crippen LogP) is 2.00. The number of carbonyl (C=O) groups is 2. The fraction of sp³-hybridized carbons (Fsp3) is 0.571. The molecule has 8 heteroatoms. The molecule has 2 aromatic rings. The van der Waals surface area contributed by atoms with Gasteiger partial charge < -0.3 is 10.6 Å². The molecular weight excluding hydrogens is 368 g/mol. The molecule has 1 saturated carbocycles. The van der Waals surface area contributed by atoms with Gasteiger partial charge in [0.05, 0.1) is 12.1 Å². The first-order chi connectivity index (χ1) is 13.8. The highest BCUT2D eigenvalue weighted by atomic mass is 16.2. The summed E-state index contributed by atoms with van der Waals surface area (Å²) in [6.07, 6.45) is 5.00. The van der Waals surface area contributed by atoms with Crippen molar-refractivity contribution in [3.05, 3.63) is 34.4 Å². The molecule has 0 spiro atoms. The summed E-state index contributed by atoms with van der Waals surface area (Å²) in [6, 6.07) is 2.22. The molecule has 8 nitrogen and oxygen atoms in total. The third-order valence-corrected chi connectivity index (χ3v) is 5.33. The maximum atomic E-state index is 12.4. The van der Waals surface area contributed by atoms with Crippen LogP contribution in [0.25, 0.3) is 5.95 Å². The lowest BCUT2D eigenvalue weighted by Crippen LogP contribution is -2.36. The van der Waals surface area contributed by atoms with E-state index in [0.717, 1.165) is 41.2 Å². The minimum absolute atomic E-state index is 0.00402. The first-order valence-corrected chi connectivity index (χ1v) is 10.3. The zero-order valence-electron chi connectivity index (χ0n) is 17.7. The maximum Gasteiger partial charge on any atom is 0.251 e. The minimum atomic E-state index is -0.120. The van der Waals surface area contributed by atoms with Crippen LogP contribution in [0.2, 0.25) is 0 Å². The zero-order valence-corrected chi connectivity index (χ0v) is 17.7. The van der Waals surface area contributed by atoms with Crippen molar-refractivity contribution in [2.24, 2.45) is 0 Å². The third kappa shape index (κ3) is 5.40. The molecule has 0 saturated heterocycles. The van der Waals surface area contributed by atoms with E-state index in [1.54, 1.807) is 4.68 Å². The SMILES string of the molecule is Cc1cc(C)nc(-n2nc(C)c(CC(=O)NCCC(=O)NC3CCCC3)c2C)n1. The van der Waals surface area contributed by atoms with Gasteiger partial charge in [0.2, 0.25) is 11.8 Å². The molecule has 2 amide bonds. The molecule has 29 heavy (non-hydrogen) atoms. The van der Waals surface area contributed by atoms with Crippen LogP contribution < -0.4 is 10.6 Å². The molecule has 0 atom stereocenters. The highest BCUT2D eigenvalue weighted by molar-refractivity contribution is 5.81. The Kier molecular flexibility index (Phi) is 6.61. The van der Waals surface area contributed by atoms with Gasteiger partial charge in [0.25, 0.3) is 5.95 Å². The quantitative estimate of drug-likeness (QED) is 0.743. The Balaban J connectivity index is 1.56. The number of hydrogen-bond acceptors (Lipinski definition) is 5. The molecule has 2 heterocycles. The molecule has 3 rings (SSSR count). The van der Waals surface area contributed by atoms with E-state index >= 15 is 0 Å². The van der Waals surface area contributed by atoms with Gasteiger partial charge in [0, 0.05) is 41.7 Å². The summed E-state index contributed by atoms with van der Waals surface area (Å²) < 4.78 is 1.69. The van der Waals surface area contributed by atoms with E-state index in [1.165, 1.54) is 12.8 Å². The van der Waals surface area contributed by atoms with Gasteiger partial charge in [0.1, 0.15) is 0 Å². The Labute approximate surface area is 171 Å². The summed E-state index contributed by atoms with van der Waals surface area (Å²) in [5.41, 5.74) is 4.23. The second kappa shape index (κ2) is 9.15. The van der Waals surface area contributed by atoms with E-state index in [0.29, 0.717) is 25.0 Å². The fourth-order valence-electron chi connectivity index (χ4n) is 3.84. The summed E-state index contributed by atoms with van der Waals surface area (Å²) >= 11 is 0. The molecule has 1 aliphatic carbocycles. The van der Waals surface area contributed by atoms with Crippen LogP contribution in [0, 0.1) is 27.7 Å². The molecule has 2 aromatic heterocycles. The van der Waals surface area contributed by atoms with Gasteiger partial charge in [-0.1, -0.05) is 12.8 Å². The molecular formula is C21H30N6O2. The van der Waals surface area contributed by atoms with Crippen LogP contribution in [-0.2, 0) is 16.0 Å². The largest absolute Gasteiger partial charge is 0.355 e. The van der Waals surface area contributed by atoms with Gasteiger partial charge in [-0.25, -0.2) is 14.6 Å². The molecule has 0 bridgehead atoms. The van der Waals surface area contributed by atoms with Crippen LogP contribution in [0.15, 0.2) is 6.07 Å². The predicted molar refractivity (Wildman–Crippen MR) is 110 cm³/mol. The number of hydrogen-bond donors (Lipinski definition) is 2. The van der Waals surface area contributed by atoms with E-state index in [4.69, 9.17) is 0 Å². The van der Waals surface area contributed by atoms with Crippen LogP contribution in [-0.4, -0.2) is 44.1 Å². The van der Waals surface area contributed by atoms with Gasteiger partial charge in [-0.15, -0.1) is 0 Å². The summed E-state index contributed by atoms with van der Waals surface area (Å²) in [5, 5.41) is 10.4. The summed E-state index contributed by atoms with van der Waals surface area (Å²) in [5.74, 6) is 0.397. The number of nitrogens with one attached hydrogen (secondary N) is 2. The normalized spacial score (nSPS) is 14.2. The van der Waals surface area contributed by atoms with Crippen LogP contribution in [0.3, 0.4) is 0 Å². The average molecular weight is 399 g/mol. The van der Waals surface area contributed by atoms with Gasteiger partial charge in [-0.2, -0.15) is 5.10 Å². The summed E-state index contributed by atoms with van der Waals surface area (Å²) in [4.78, 5) is 33.3. The van der Waals surface area contributed by atoms with Crippen molar-refractivity contribution in [2.75, 3.05) is 6.54 Å². The number of rotatable bonds is 7. The lowest BCUT2D eigenvalue weighted by atomic mass is 10.1. The maximum absolute atomic E-state index is 12.4. The van der Waals surface area contributed by atoms with Crippen molar-refractivity contribution in [3.63, 3.8) is 0 Å². The van der Waals surface area contributed by atoms with Crippen molar-refractivity contribution in [3.8, 4) is 5.95 Å². The van der Waals surface area contributed by atoms with Crippen LogP contribution in [0.4, 0.5) is 0 Å². The van der Waals surface area contributed by atoms with E-state index < -0.39 is 0 Å². The van der Waals surface area contributed by atoms with Crippen molar-refractivity contribution in [2.45, 2.75) is 72.3 Å². The topological polar surface area (TPSA) is 102 Å². The van der Waals surface area contributed by atoms with Gasteiger partial charge >= 0.3 is 0 Å². The third-order valence-electron chi connectivity index (χ3n) is 5.33. The Morgan fingerprint density at radius 3 is 2.38 bits per heavy atom. The molecule has 0 radical (unpaired) electrons. The highest BCUT2D eigenvalue weighted by Gasteiger charge is 2.19. The molecule has 2 N–H and O–H groups in total. The number of amides is 2. The number of nitrogens with zero attached hydrogens (tertiary/aromatic N) is 4. The summed E-state index contributed by atoms with van der Waals surface area (Å²) in [6.45, 7) is 7.97. The summed E-state index contributed by atoms with van der Waals surface area (Å²) in [7, 11) is 0. The van der Waals surface area contributed by atoms with Gasteiger partial charge in [-0.05, 0) is 46.6 Å². The molecule has 1 fully saturated rings. The monoisotopic (exact) mass is 398 g/mol. The van der Waals surface area contributed by atoms with Crippen molar-refractivity contribution >= 4 is 11.8 Å². The van der Waals surface area contributed by atoms with E-state index in [-0.39, 0.29) is 18.2 Å². The highest BCUT2D eigenvalue weighted by Crippen LogP contribution is 2.18. The Morgan fingerprint density at radius 1 is 1.07 bits per heavy atom. The van der Waals surface area contributed by atoms with Crippen LogP contribution in [0.5, 0.6) is 0 Å². The minimum Gasteiger partial charge on any atom is -0.355 e. The Morgan fingerprint density at radius 2 is 1.72 bits per heavy atom. The lowest BCUT2D eigenvalue weighted by molar-refractivity contribution is -0.122. The first kappa shape index (κ1) is 21.0. The first-order valence-electron chi connectivity index (χ1n) is 10.3.